The average Bonchev–Trinajstić information content (AvgIpc) is 3.11. The molecule has 0 fully saturated rings. The van der Waals surface area contributed by atoms with Crippen molar-refractivity contribution < 1.29 is 0 Å². The Balaban J connectivity index is 2.02. The maximum absolute atomic E-state index is 4.96. The molecule has 0 spiro atoms. The highest BCUT2D eigenvalue weighted by atomic mass is 79.9. The summed E-state index contributed by atoms with van der Waals surface area (Å²) in [6.07, 6.45) is 6.52. The Morgan fingerprint density at radius 3 is 2.74 bits per heavy atom. The summed E-state index contributed by atoms with van der Waals surface area (Å²) in [5.74, 6) is 0.981. The van der Waals surface area contributed by atoms with Crippen molar-refractivity contribution in [1.82, 2.24) is 14.0 Å². The maximum Gasteiger partial charge on any atom is 0.220 e. The lowest BCUT2D eigenvalue weighted by molar-refractivity contribution is 0.940. The van der Waals surface area contributed by atoms with Crippen LogP contribution < -0.4 is 0 Å². The highest BCUT2D eigenvalue weighted by molar-refractivity contribution is 9.10. The second-order valence-corrected chi connectivity index (χ2v) is 6.65. The maximum atomic E-state index is 4.96. The van der Waals surface area contributed by atoms with Gasteiger partial charge in [-0.3, -0.25) is 8.97 Å². The fraction of sp³-hybridized carbons (Fsp3) is 0.105. The van der Waals surface area contributed by atoms with Crippen molar-refractivity contribution >= 4 is 38.8 Å². The number of fused-ring (bicyclic) bond motifs is 5. The van der Waals surface area contributed by atoms with Crippen LogP contribution in [0.25, 0.3) is 28.6 Å². The summed E-state index contributed by atoms with van der Waals surface area (Å²) >= 11 is 3.72. The number of aryl methyl sites for hydroxylation is 1. The van der Waals surface area contributed by atoms with Crippen LogP contribution in [0.1, 0.15) is 17.8 Å². The van der Waals surface area contributed by atoms with Gasteiger partial charge in [0.25, 0.3) is 0 Å². The third kappa shape index (κ3) is 1.78. The molecule has 0 bridgehead atoms. The largest absolute Gasteiger partial charge is 0.277 e. The number of halogens is 1. The Morgan fingerprint density at radius 2 is 1.87 bits per heavy atom. The van der Waals surface area contributed by atoms with Gasteiger partial charge in [0.05, 0.1) is 22.4 Å². The number of imidazole rings is 2. The molecule has 0 saturated heterocycles. The second kappa shape index (κ2) is 4.83. The molecule has 0 aliphatic heterocycles. The van der Waals surface area contributed by atoms with Crippen molar-refractivity contribution in [2.45, 2.75) is 12.8 Å². The molecule has 2 aromatic carbocycles. The van der Waals surface area contributed by atoms with Crippen molar-refractivity contribution in [2.75, 3.05) is 0 Å². The zero-order valence-corrected chi connectivity index (χ0v) is 14.0. The molecular weight excluding hydrogens is 350 g/mol. The second-order valence-electron chi connectivity index (χ2n) is 5.80. The number of benzene rings is 2. The lowest BCUT2D eigenvalue weighted by atomic mass is 10.1. The first-order chi connectivity index (χ1) is 11.3. The minimum atomic E-state index is 0.981. The Bertz CT molecular complexity index is 1070. The first-order valence-corrected chi connectivity index (χ1v) is 8.56. The molecule has 2 heterocycles. The fourth-order valence-electron chi connectivity index (χ4n) is 3.45. The van der Waals surface area contributed by atoms with Gasteiger partial charge < -0.3 is 0 Å². The van der Waals surface area contributed by atoms with Gasteiger partial charge in [0, 0.05) is 10.2 Å². The normalized spacial score (nSPS) is 13.8. The van der Waals surface area contributed by atoms with Gasteiger partial charge in [0.2, 0.25) is 5.78 Å². The summed E-state index contributed by atoms with van der Waals surface area (Å²) in [4.78, 5) is 4.96. The predicted octanol–water partition coefficient (Wildman–Crippen LogP) is 5.00. The molecule has 0 saturated carbocycles. The van der Waals surface area contributed by atoms with Gasteiger partial charge in [0.1, 0.15) is 0 Å². The van der Waals surface area contributed by atoms with Crippen molar-refractivity contribution in [2.24, 2.45) is 0 Å². The smallest absolute Gasteiger partial charge is 0.220 e. The number of rotatable bonds is 1. The van der Waals surface area contributed by atoms with Crippen molar-refractivity contribution in [3.8, 4) is 5.69 Å². The number of hydrogen-bond acceptors (Lipinski definition) is 1. The third-order valence-electron chi connectivity index (χ3n) is 4.44. The quantitative estimate of drug-likeness (QED) is 0.466. The summed E-state index contributed by atoms with van der Waals surface area (Å²) in [7, 11) is 0. The fourth-order valence-corrected chi connectivity index (χ4v) is 3.98. The van der Waals surface area contributed by atoms with E-state index in [-0.39, 0.29) is 0 Å². The molecule has 4 aromatic rings. The van der Waals surface area contributed by atoms with Gasteiger partial charge in [-0.1, -0.05) is 30.3 Å². The molecule has 23 heavy (non-hydrogen) atoms. The minimum Gasteiger partial charge on any atom is -0.277 e. The molecule has 0 N–H and O–H groups in total. The first kappa shape index (κ1) is 13.1. The van der Waals surface area contributed by atoms with E-state index in [1.54, 1.807) is 0 Å². The predicted molar refractivity (Wildman–Crippen MR) is 97.1 cm³/mol. The molecule has 4 heteroatoms. The zero-order valence-electron chi connectivity index (χ0n) is 12.4. The number of hydrogen-bond donors (Lipinski definition) is 0. The van der Waals surface area contributed by atoms with Crippen LogP contribution in [0.4, 0.5) is 0 Å². The van der Waals surface area contributed by atoms with E-state index in [4.69, 9.17) is 4.98 Å². The van der Waals surface area contributed by atoms with Crippen LogP contribution in [-0.2, 0) is 6.42 Å². The first-order valence-electron chi connectivity index (χ1n) is 7.77. The molecule has 1 aliphatic rings. The number of allylic oxidation sites excluding steroid dienone is 1. The Kier molecular flexibility index (Phi) is 2.76. The van der Waals surface area contributed by atoms with E-state index in [9.17, 15) is 0 Å². The Morgan fingerprint density at radius 1 is 1.00 bits per heavy atom. The standard InChI is InChI=1S/C19H14BrN3/c20-14-9-6-12-17-18(14)22(13-7-2-1-3-8-13)19-21-15-10-4-5-11-16(15)23(17)19/h1-3,5-9,11-12H,4,10H2. The summed E-state index contributed by atoms with van der Waals surface area (Å²) in [5.41, 5.74) is 5.87. The summed E-state index contributed by atoms with van der Waals surface area (Å²) in [6, 6.07) is 16.8. The van der Waals surface area contributed by atoms with Crippen molar-refractivity contribution in [1.29, 1.82) is 0 Å². The Labute approximate surface area is 142 Å². The van der Waals surface area contributed by atoms with E-state index in [0.717, 1.165) is 34.3 Å². The molecule has 1 aliphatic carbocycles. The van der Waals surface area contributed by atoms with Crippen LogP contribution >= 0.6 is 15.9 Å². The van der Waals surface area contributed by atoms with E-state index in [2.05, 4.69) is 79.5 Å². The van der Waals surface area contributed by atoms with Gasteiger partial charge in [0.15, 0.2) is 0 Å². The number of aromatic nitrogens is 3. The van der Waals surface area contributed by atoms with Crippen molar-refractivity contribution in [3.05, 3.63) is 70.5 Å². The molecule has 0 unspecified atom stereocenters. The van der Waals surface area contributed by atoms with Gasteiger partial charge in [-0.05, 0) is 59.1 Å². The summed E-state index contributed by atoms with van der Waals surface area (Å²) < 4.78 is 5.60. The molecule has 112 valence electrons. The minimum absolute atomic E-state index is 0.981. The van der Waals surface area contributed by atoms with Crippen molar-refractivity contribution in [3.63, 3.8) is 0 Å². The molecule has 5 rings (SSSR count). The molecular formula is C19H14BrN3. The van der Waals surface area contributed by atoms with Crippen LogP contribution in [-0.4, -0.2) is 14.0 Å². The summed E-state index contributed by atoms with van der Waals surface area (Å²) in [6.45, 7) is 0. The number of nitrogens with zero attached hydrogens (tertiary/aromatic N) is 3. The summed E-state index contributed by atoms with van der Waals surface area (Å²) in [5, 5.41) is 0. The van der Waals surface area contributed by atoms with E-state index < -0.39 is 0 Å². The van der Waals surface area contributed by atoms with E-state index in [0.29, 0.717) is 0 Å². The SMILES string of the molecule is Brc1cccc2c1n(-c1ccccc1)c1nc3c(n21)C=CCC3. The molecule has 2 aromatic heterocycles. The lowest BCUT2D eigenvalue weighted by Gasteiger charge is -2.07. The van der Waals surface area contributed by atoms with Gasteiger partial charge >= 0.3 is 0 Å². The lowest BCUT2D eigenvalue weighted by Crippen LogP contribution is -1.96. The van der Waals surface area contributed by atoms with Crippen LogP contribution in [0.3, 0.4) is 0 Å². The van der Waals surface area contributed by atoms with Crippen LogP contribution in [0.2, 0.25) is 0 Å². The van der Waals surface area contributed by atoms with Crippen LogP contribution in [0.5, 0.6) is 0 Å². The monoisotopic (exact) mass is 363 g/mol. The van der Waals surface area contributed by atoms with E-state index in [1.807, 2.05) is 6.07 Å². The zero-order chi connectivity index (χ0) is 15.4. The Hall–Kier alpha value is -2.33. The highest BCUT2D eigenvalue weighted by Crippen LogP contribution is 2.33. The van der Waals surface area contributed by atoms with E-state index >= 15 is 0 Å². The van der Waals surface area contributed by atoms with Crippen LogP contribution in [0, 0.1) is 0 Å². The molecule has 0 amide bonds. The number of para-hydroxylation sites is 2. The van der Waals surface area contributed by atoms with Gasteiger partial charge in [-0.25, -0.2) is 4.98 Å². The van der Waals surface area contributed by atoms with Gasteiger partial charge in [-0.2, -0.15) is 0 Å². The van der Waals surface area contributed by atoms with E-state index in [1.165, 1.54) is 16.9 Å². The molecule has 0 radical (unpaired) electrons. The molecule has 0 atom stereocenters. The highest BCUT2D eigenvalue weighted by Gasteiger charge is 2.21. The third-order valence-corrected chi connectivity index (χ3v) is 5.08. The average molecular weight is 364 g/mol. The van der Waals surface area contributed by atoms with Gasteiger partial charge in [-0.15, -0.1) is 0 Å². The van der Waals surface area contributed by atoms with Crippen LogP contribution in [0.15, 0.2) is 59.1 Å². The molecule has 3 nitrogen and oxygen atoms in total. The topological polar surface area (TPSA) is 22.2 Å².